The van der Waals surface area contributed by atoms with Crippen molar-refractivity contribution in [3.63, 3.8) is 0 Å². The lowest BCUT2D eigenvalue weighted by Crippen LogP contribution is -2.39. The highest BCUT2D eigenvalue weighted by Gasteiger charge is 2.24. The number of halogens is 4. The Kier molecular flexibility index (Phi) is 7.84. The summed E-state index contributed by atoms with van der Waals surface area (Å²) in [4.78, 5) is 14.7. The molecule has 1 heterocycles. The van der Waals surface area contributed by atoms with E-state index >= 15 is 0 Å². The maximum absolute atomic E-state index is 13.8. The summed E-state index contributed by atoms with van der Waals surface area (Å²) in [7, 11) is 1.86. The number of carbonyl (C=O) groups is 1. The van der Waals surface area contributed by atoms with Crippen LogP contribution in [-0.4, -0.2) is 44.4 Å². The number of thioether (sulfide) groups is 1. The van der Waals surface area contributed by atoms with Crippen LogP contribution in [-0.2, 0) is 4.79 Å². The van der Waals surface area contributed by atoms with E-state index in [9.17, 15) is 9.18 Å². The molecule has 0 saturated heterocycles. The molecule has 10 heteroatoms. The average molecular weight is 528 g/mol. The lowest BCUT2D eigenvalue weighted by molar-refractivity contribution is -0.129. The number of hydrogen-bond donors (Lipinski definition) is 0. The van der Waals surface area contributed by atoms with E-state index in [2.05, 4.69) is 10.2 Å². The third-order valence-corrected chi connectivity index (χ3v) is 7.56. The van der Waals surface area contributed by atoms with Crippen LogP contribution >= 0.6 is 46.6 Å². The fourth-order valence-electron chi connectivity index (χ4n) is 3.97. The molecule has 1 amide bonds. The topological polar surface area (TPSA) is 51.0 Å². The number of benzene rings is 2. The summed E-state index contributed by atoms with van der Waals surface area (Å²) in [6.45, 7) is 0. The van der Waals surface area contributed by atoms with E-state index < -0.39 is 5.82 Å². The van der Waals surface area contributed by atoms with Gasteiger partial charge in [-0.1, -0.05) is 65.8 Å². The second-order valence-corrected chi connectivity index (χ2v) is 10.1. The molecule has 174 valence electrons. The zero-order valence-corrected chi connectivity index (χ0v) is 21.0. The van der Waals surface area contributed by atoms with Crippen molar-refractivity contribution in [2.75, 3.05) is 12.8 Å². The molecule has 0 bridgehead atoms. The van der Waals surface area contributed by atoms with Crippen LogP contribution in [0.1, 0.15) is 32.1 Å². The highest BCUT2D eigenvalue weighted by Crippen LogP contribution is 2.34. The summed E-state index contributed by atoms with van der Waals surface area (Å²) < 4.78 is 15.6. The molecule has 0 N–H and O–H groups in total. The predicted molar refractivity (Wildman–Crippen MR) is 132 cm³/mol. The Balaban J connectivity index is 1.65. The molecular weight excluding hydrogens is 506 g/mol. The summed E-state index contributed by atoms with van der Waals surface area (Å²) in [6, 6.07) is 9.70. The molecule has 0 spiro atoms. The fraction of sp³-hybridized carbons (Fsp3) is 0.348. The summed E-state index contributed by atoms with van der Waals surface area (Å²) in [5.41, 5.74) is 1.16. The molecule has 0 radical (unpaired) electrons. The first-order chi connectivity index (χ1) is 15.8. The van der Waals surface area contributed by atoms with Crippen LogP contribution in [0.2, 0.25) is 15.1 Å². The minimum atomic E-state index is -0.530. The van der Waals surface area contributed by atoms with Gasteiger partial charge in [-0.2, -0.15) is 0 Å². The van der Waals surface area contributed by atoms with Gasteiger partial charge in [0.15, 0.2) is 11.0 Å². The van der Waals surface area contributed by atoms with Gasteiger partial charge in [-0.05, 0) is 49.2 Å². The molecule has 1 saturated carbocycles. The fourth-order valence-corrected chi connectivity index (χ4v) is 5.51. The van der Waals surface area contributed by atoms with Gasteiger partial charge < -0.3 is 4.90 Å². The number of rotatable bonds is 6. The molecule has 1 fully saturated rings. The number of amides is 1. The lowest BCUT2D eigenvalue weighted by atomic mass is 9.94. The zero-order valence-electron chi connectivity index (χ0n) is 17.9. The number of carbonyl (C=O) groups excluding carboxylic acids is 1. The van der Waals surface area contributed by atoms with Crippen LogP contribution in [0.4, 0.5) is 4.39 Å². The van der Waals surface area contributed by atoms with E-state index in [1.165, 1.54) is 30.3 Å². The first kappa shape index (κ1) is 24.3. The third kappa shape index (κ3) is 5.48. The Morgan fingerprint density at radius 2 is 1.85 bits per heavy atom. The van der Waals surface area contributed by atoms with Crippen LogP contribution in [0.15, 0.2) is 41.6 Å². The molecule has 0 atom stereocenters. The van der Waals surface area contributed by atoms with Crippen LogP contribution in [0, 0.1) is 5.82 Å². The number of aromatic nitrogens is 3. The van der Waals surface area contributed by atoms with E-state index in [1.807, 2.05) is 11.9 Å². The standard InChI is InChI=1S/C23H22Cl3FN4OS/c1-30(15-5-3-2-4-6-15)21(32)13-33-23-29-28-22(17-9-7-14(24)11-18(17)25)31(23)16-8-10-20(27)19(26)12-16/h7-12,15H,2-6,13H2,1H3. The Hall–Kier alpha value is -1.80. The molecular formula is C23H22Cl3FN4OS. The van der Waals surface area contributed by atoms with Crippen molar-refractivity contribution in [2.24, 2.45) is 0 Å². The van der Waals surface area contributed by atoms with Crippen LogP contribution in [0.5, 0.6) is 0 Å². The average Bonchev–Trinajstić information content (AvgIpc) is 3.23. The SMILES string of the molecule is CN(C(=O)CSc1nnc(-c2ccc(Cl)cc2Cl)n1-c1ccc(F)c(Cl)c1)C1CCCCC1. The van der Waals surface area contributed by atoms with Crippen molar-refractivity contribution in [3.05, 3.63) is 57.3 Å². The van der Waals surface area contributed by atoms with Crippen molar-refractivity contribution in [1.82, 2.24) is 19.7 Å². The van der Waals surface area contributed by atoms with E-state index in [0.717, 1.165) is 25.7 Å². The molecule has 0 unspecified atom stereocenters. The quantitative estimate of drug-likeness (QED) is 0.327. The molecule has 1 aliphatic rings. The Labute approximate surface area is 211 Å². The first-order valence-corrected chi connectivity index (χ1v) is 12.7. The molecule has 33 heavy (non-hydrogen) atoms. The molecule has 0 aliphatic heterocycles. The summed E-state index contributed by atoms with van der Waals surface area (Å²) in [6.07, 6.45) is 5.61. The van der Waals surface area contributed by atoms with Gasteiger partial charge in [-0.25, -0.2) is 4.39 Å². The van der Waals surface area contributed by atoms with Gasteiger partial charge in [0.05, 0.1) is 21.5 Å². The summed E-state index contributed by atoms with van der Waals surface area (Å²) in [5, 5.41) is 9.96. The van der Waals surface area contributed by atoms with Crippen molar-refractivity contribution in [1.29, 1.82) is 0 Å². The van der Waals surface area contributed by atoms with Gasteiger partial charge in [0.2, 0.25) is 5.91 Å². The van der Waals surface area contributed by atoms with Crippen molar-refractivity contribution >= 4 is 52.5 Å². The van der Waals surface area contributed by atoms with Gasteiger partial charge in [0.25, 0.3) is 0 Å². The van der Waals surface area contributed by atoms with Crippen molar-refractivity contribution in [3.8, 4) is 17.1 Å². The normalized spacial score (nSPS) is 14.5. The second-order valence-electron chi connectivity index (χ2n) is 7.95. The Morgan fingerprint density at radius 3 is 2.55 bits per heavy atom. The third-order valence-electron chi connectivity index (χ3n) is 5.81. The minimum Gasteiger partial charge on any atom is -0.342 e. The largest absolute Gasteiger partial charge is 0.342 e. The van der Waals surface area contributed by atoms with Gasteiger partial charge in [-0.3, -0.25) is 9.36 Å². The van der Waals surface area contributed by atoms with Gasteiger partial charge in [-0.15, -0.1) is 10.2 Å². The van der Waals surface area contributed by atoms with E-state index in [4.69, 9.17) is 34.8 Å². The zero-order chi connectivity index (χ0) is 23.5. The molecule has 2 aromatic carbocycles. The van der Waals surface area contributed by atoms with E-state index in [0.29, 0.717) is 32.3 Å². The van der Waals surface area contributed by atoms with Crippen LogP contribution in [0.3, 0.4) is 0 Å². The van der Waals surface area contributed by atoms with Gasteiger partial charge >= 0.3 is 0 Å². The molecule has 4 rings (SSSR count). The van der Waals surface area contributed by atoms with Gasteiger partial charge in [0.1, 0.15) is 5.82 Å². The Bertz CT molecular complexity index is 1170. The monoisotopic (exact) mass is 526 g/mol. The second kappa shape index (κ2) is 10.6. The molecule has 1 aliphatic carbocycles. The lowest BCUT2D eigenvalue weighted by Gasteiger charge is -2.31. The molecule has 1 aromatic heterocycles. The summed E-state index contributed by atoms with van der Waals surface area (Å²) in [5.74, 6) is 0.145. The van der Waals surface area contributed by atoms with Gasteiger partial charge in [0, 0.05) is 23.7 Å². The van der Waals surface area contributed by atoms with Crippen LogP contribution in [0.25, 0.3) is 17.1 Å². The maximum atomic E-state index is 13.8. The highest BCUT2D eigenvalue weighted by molar-refractivity contribution is 7.99. The summed E-state index contributed by atoms with van der Waals surface area (Å²) >= 11 is 19.8. The number of hydrogen-bond acceptors (Lipinski definition) is 4. The maximum Gasteiger partial charge on any atom is 0.233 e. The first-order valence-electron chi connectivity index (χ1n) is 10.6. The predicted octanol–water partition coefficient (Wildman–Crippen LogP) is 6.92. The highest BCUT2D eigenvalue weighted by atomic mass is 35.5. The van der Waals surface area contributed by atoms with Crippen molar-refractivity contribution < 1.29 is 9.18 Å². The van der Waals surface area contributed by atoms with Crippen molar-refractivity contribution in [2.45, 2.75) is 43.3 Å². The minimum absolute atomic E-state index is 0.0292. The van der Waals surface area contributed by atoms with E-state index in [-0.39, 0.29) is 22.7 Å². The number of nitrogens with zero attached hydrogens (tertiary/aromatic N) is 4. The Morgan fingerprint density at radius 1 is 1.09 bits per heavy atom. The van der Waals surface area contributed by atoms with E-state index in [1.54, 1.807) is 28.8 Å². The molecule has 3 aromatic rings. The van der Waals surface area contributed by atoms with Crippen LogP contribution < -0.4 is 0 Å². The smallest absolute Gasteiger partial charge is 0.233 e. The molecule has 5 nitrogen and oxygen atoms in total.